The van der Waals surface area contributed by atoms with Gasteiger partial charge in [0.15, 0.2) is 0 Å². The first-order valence-corrected chi connectivity index (χ1v) is 6.91. The number of hydrogen-bond donors (Lipinski definition) is 1. The van der Waals surface area contributed by atoms with Gasteiger partial charge in [0, 0.05) is 35.6 Å². The van der Waals surface area contributed by atoms with Crippen molar-refractivity contribution in [1.29, 1.82) is 0 Å². The Morgan fingerprint density at radius 2 is 2.29 bits per heavy atom. The number of ether oxygens (including phenoxy) is 1. The summed E-state index contributed by atoms with van der Waals surface area (Å²) in [6.07, 6.45) is 3.83. The summed E-state index contributed by atoms with van der Waals surface area (Å²) in [5, 5.41) is 3.21. The lowest BCUT2D eigenvalue weighted by atomic mass is 10.2. The molecule has 0 radical (unpaired) electrons. The Morgan fingerprint density at radius 3 is 3.00 bits per heavy atom. The zero-order valence-electron chi connectivity index (χ0n) is 9.90. The lowest BCUT2D eigenvalue weighted by molar-refractivity contribution is -0.0192. The maximum absolute atomic E-state index is 5.69. The molecule has 2 heterocycles. The summed E-state index contributed by atoms with van der Waals surface area (Å²) in [7, 11) is 0. The first-order valence-electron chi connectivity index (χ1n) is 5.83. The monoisotopic (exact) mass is 348 g/mol. The Morgan fingerprint density at radius 1 is 1.53 bits per heavy atom. The van der Waals surface area contributed by atoms with Crippen LogP contribution in [0.3, 0.4) is 0 Å². The van der Waals surface area contributed by atoms with Crippen molar-refractivity contribution < 1.29 is 4.74 Å². The number of likely N-dealkylation sites (N-methyl/N-ethyl adjacent to an activating group) is 1. The van der Waals surface area contributed by atoms with Gasteiger partial charge in [-0.15, -0.1) is 0 Å². The molecule has 1 aliphatic heterocycles. The molecule has 1 atom stereocenters. The predicted molar refractivity (Wildman–Crippen MR) is 75.1 cm³/mol. The normalized spacial score (nSPS) is 21.4. The number of hydrogen-bond acceptors (Lipinski definition) is 5. The van der Waals surface area contributed by atoms with E-state index in [1.807, 2.05) is 0 Å². The molecule has 5 nitrogen and oxygen atoms in total. The van der Waals surface area contributed by atoms with Crippen molar-refractivity contribution in [2.75, 3.05) is 38.1 Å². The molecular formula is C11H17IN4O. The molecule has 1 unspecified atom stereocenters. The summed E-state index contributed by atoms with van der Waals surface area (Å²) in [6, 6.07) is 0. The van der Waals surface area contributed by atoms with Crippen LogP contribution in [-0.4, -0.2) is 53.8 Å². The lowest BCUT2D eigenvalue weighted by Crippen LogP contribution is -2.45. The molecule has 0 spiro atoms. The number of halogens is 1. The van der Waals surface area contributed by atoms with Crippen LogP contribution in [0.5, 0.6) is 0 Å². The average molecular weight is 348 g/mol. The van der Waals surface area contributed by atoms with Crippen molar-refractivity contribution in [2.45, 2.75) is 13.0 Å². The van der Waals surface area contributed by atoms with Gasteiger partial charge in [0.2, 0.25) is 5.95 Å². The van der Waals surface area contributed by atoms with Crippen molar-refractivity contribution in [3.05, 3.63) is 16.0 Å². The van der Waals surface area contributed by atoms with Gasteiger partial charge in [0.1, 0.15) is 0 Å². The van der Waals surface area contributed by atoms with E-state index in [-0.39, 0.29) is 6.10 Å². The van der Waals surface area contributed by atoms with E-state index in [9.17, 15) is 0 Å². The SMILES string of the molecule is CCN1CCOC(CNc2ncc(I)cn2)C1. The zero-order valence-corrected chi connectivity index (χ0v) is 12.1. The van der Waals surface area contributed by atoms with Crippen LogP contribution in [0.25, 0.3) is 0 Å². The van der Waals surface area contributed by atoms with E-state index >= 15 is 0 Å². The van der Waals surface area contributed by atoms with Gasteiger partial charge < -0.3 is 10.1 Å². The summed E-state index contributed by atoms with van der Waals surface area (Å²) in [6.45, 7) is 6.85. The molecule has 1 aromatic heterocycles. The maximum Gasteiger partial charge on any atom is 0.222 e. The molecule has 0 saturated carbocycles. The Labute approximate surface area is 115 Å². The summed E-state index contributed by atoms with van der Waals surface area (Å²) in [4.78, 5) is 10.8. The highest BCUT2D eigenvalue weighted by atomic mass is 127. The molecule has 0 amide bonds. The van der Waals surface area contributed by atoms with Crippen molar-refractivity contribution in [3.8, 4) is 0 Å². The Hall–Kier alpha value is -0.470. The second-order valence-electron chi connectivity index (χ2n) is 3.99. The van der Waals surface area contributed by atoms with Gasteiger partial charge in [0.05, 0.1) is 12.7 Å². The highest BCUT2D eigenvalue weighted by Gasteiger charge is 2.18. The zero-order chi connectivity index (χ0) is 12.1. The van der Waals surface area contributed by atoms with Crippen LogP contribution in [0.1, 0.15) is 6.92 Å². The molecule has 17 heavy (non-hydrogen) atoms. The van der Waals surface area contributed by atoms with Gasteiger partial charge in [-0.3, -0.25) is 4.90 Å². The fraction of sp³-hybridized carbons (Fsp3) is 0.636. The smallest absolute Gasteiger partial charge is 0.222 e. The van der Waals surface area contributed by atoms with Crippen molar-refractivity contribution in [2.24, 2.45) is 0 Å². The molecule has 1 aromatic rings. The van der Waals surface area contributed by atoms with Crippen LogP contribution in [0.2, 0.25) is 0 Å². The number of nitrogens with one attached hydrogen (secondary N) is 1. The number of rotatable bonds is 4. The topological polar surface area (TPSA) is 50.3 Å². The van der Waals surface area contributed by atoms with E-state index < -0.39 is 0 Å². The number of anilines is 1. The molecular weight excluding hydrogens is 331 g/mol. The summed E-state index contributed by atoms with van der Waals surface area (Å²) < 4.78 is 6.74. The lowest BCUT2D eigenvalue weighted by Gasteiger charge is -2.32. The number of aromatic nitrogens is 2. The highest BCUT2D eigenvalue weighted by molar-refractivity contribution is 14.1. The Bertz CT molecular complexity index is 346. The molecule has 1 aliphatic rings. The standard InChI is InChI=1S/C11H17IN4O/c1-2-16-3-4-17-10(8-16)7-15-11-13-5-9(12)6-14-11/h5-6,10H,2-4,7-8H2,1H3,(H,13,14,15). The fourth-order valence-electron chi connectivity index (χ4n) is 1.80. The summed E-state index contributed by atoms with van der Waals surface area (Å²) in [5.74, 6) is 0.669. The third-order valence-electron chi connectivity index (χ3n) is 2.78. The number of morpholine rings is 1. The quantitative estimate of drug-likeness (QED) is 0.830. The minimum absolute atomic E-state index is 0.228. The van der Waals surface area contributed by atoms with E-state index in [1.165, 1.54) is 0 Å². The van der Waals surface area contributed by atoms with Crippen molar-refractivity contribution in [3.63, 3.8) is 0 Å². The van der Waals surface area contributed by atoms with E-state index in [0.717, 1.165) is 36.4 Å². The molecule has 1 N–H and O–H groups in total. The largest absolute Gasteiger partial charge is 0.374 e. The van der Waals surface area contributed by atoms with Gasteiger partial charge in [-0.05, 0) is 29.1 Å². The molecule has 0 aromatic carbocycles. The van der Waals surface area contributed by atoms with Crippen LogP contribution in [0.4, 0.5) is 5.95 Å². The van der Waals surface area contributed by atoms with Crippen LogP contribution in [0, 0.1) is 3.57 Å². The van der Waals surface area contributed by atoms with Crippen LogP contribution in [-0.2, 0) is 4.74 Å². The van der Waals surface area contributed by atoms with E-state index in [1.54, 1.807) is 12.4 Å². The fourth-order valence-corrected chi connectivity index (χ4v) is 2.08. The van der Waals surface area contributed by atoms with Crippen LogP contribution in [0.15, 0.2) is 12.4 Å². The van der Waals surface area contributed by atoms with E-state index in [4.69, 9.17) is 4.74 Å². The highest BCUT2D eigenvalue weighted by Crippen LogP contribution is 2.07. The van der Waals surface area contributed by atoms with Gasteiger partial charge in [-0.2, -0.15) is 0 Å². The van der Waals surface area contributed by atoms with Gasteiger partial charge >= 0.3 is 0 Å². The minimum atomic E-state index is 0.228. The Kier molecular flexibility index (Phi) is 4.93. The van der Waals surface area contributed by atoms with E-state index in [0.29, 0.717) is 5.95 Å². The second kappa shape index (κ2) is 6.46. The Balaban J connectivity index is 1.79. The predicted octanol–water partition coefficient (Wildman–Crippen LogP) is 1.21. The second-order valence-corrected chi connectivity index (χ2v) is 5.24. The molecule has 0 aliphatic carbocycles. The number of nitrogens with zero attached hydrogens (tertiary/aromatic N) is 3. The third-order valence-corrected chi connectivity index (χ3v) is 3.34. The van der Waals surface area contributed by atoms with E-state index in [2.05, 4.69) is 49.7 Å². The molecule has 94 valence electrons. The maximum atomic E-state index is 5.69. The first-order chi connectivity index (χ1) is 8.28. The minimum Gasteiger partial charge on any atom is -0.374 e. The first kappa shape index (κ1) is 13.0. The third kappa shape index (κ3) is 4.04. The van der Waals surface area contributed by atoms with Crippen LogP contribution < -0.4 is 5.32 Å². The summed E-state index contributed by atoms with van der Waals surface area (Å²) >= 11 is 2.19. The molecule has 6 heteroatoms. The molecule has 2 rings (SSSR count). The van der Waals surface area contributed by atoms with Gasteiger partial charge in [0.25, 0.3) is 0 Å². The van der Waals surface area contributed by atoms with Crippen molar-refractivity contribution in [1.82, 2.24) is 14.9 Å². The summed E-state index contributed by atoms with van der Waals surface area (Å²) in [5.41, 5.74) is 0. The van der Waals surface area contributed by atoms with Crippen LogP contribution >= 0.6 is 22.6 Å². The van der Waals surface area contributed by atoms with Crippen molar-refractivity contribution >= 4 is 28.5 Å². The van der Waals surface area contributed by atoms with Gasteiger partial charge in [-0.1, -0.05) is 6.92 Å². The molecule has 1 saturated heterocycles. The average Bonchev–Trinajstić information content (AvgIpc) is 2.38. The molecule has 0 bridgehead atoms. The van der Waals surface area contributed by atoms with Gasteiger partial charge in [-0.25, -0.2) is 9.97 Å². The molecule has 1 fully saturated rings.